The van der Waals surface area contributed by atoms with Crippen LogP contribution >= 0.6 is 11.3 Å². The lowest BCUT2D eigenvalue weighted by atomic mass is 10.1. The molecular weight excluding hydrogens is 424 g/mol. The lowest BCUT2D eigenvalue weighted by Crippen LogP contribution is -2.29. The number of hydrogen-bond acceptors (Lipinski definition) is 6. The molecule has 0 N–H and O–H groups in total. The van der Waals surface area contributed by atoms with Crippen LogP contribution in [0.3, 0.4) is 0 Å². The second-order valence-corrected chi connectivity index (χ2v) is 8.55. The third-order valence-corrected chi connectivity index (χ3v) is 6.51. The van der Waals surface area contributed by atoms with E-state index in [1.165, 1.54) is 16.9 Å². The molecule has 5 rings (SSSR count). The molecule has 0 radical (unpaired) electrons. The number of aromatic nitrogens is 1. The Bertz CT molecular complexity index is 1420. The maximum absolute atomic E-state index is 13.7. The summed E-state index contributed by atoms with van der Waals surface area (Å²) >= 11 is 1.48. The van der Waals surface area contributed by atoms with Crippen molar-refractivity contribution in [2.75, 3.05) is 11.5 Å². The molecule has 0 aliphatic heterocycles. The zero-order valence-electron chi connectivity index (χ0n) is 18.0. The molecule has 1 amide bonds. The first-order valence-electron chi connectivity index (χ1n) is 10.4. The van der Waals surface area contributed by atoms with Crippen molar-refractivity contribution in [3.05, 3.63) is 77.4 Å². The Labute approximate surface area is 189 Å². The summed E-state index contributed by atoms with van der Waals surface area (Å²) in [6, 6.07) is 15.1. The first-order valence-corrected chi connectivity index (χ1v) is 11.2. The van der Waals surface area contributed by atoms with Crippen LogP contribution in [0.1, 0.15) is 34.4 Å². The van der Waals surface area contributed by atoms with Crippen molar-refractivity contribution in [3.63, 3.8) is 0 Å². The second-order valence-electron chi connectivity index (χ2n) is 7.54. The zero-order chi connectivity index (χ0) is 22.2. The molecule has 0 atom stereocenters. The van der Waals surface area contributed by atoms with Gasteiger partial charge in [0.25, 0.3) is 5.91 Å². The Balaban J connectivity index is 1.59. The van der Waals surface area contributed by atoms with Crippen molar-refractivity contribution in [1.82, 2.24) is 4.98 Å². The number of para-hydroxylation sites is 1. The maximum Gasteiger partial charge on any atom is 0.296 e. The molecule has 7 heteroatoms. The smallest absolute Gasteiger partial charge is 0.296 e. The summed E-state index contributed by atoms with van der Waals surface area (Å²) in [6.07, 6.45) is 1.60. The maximum atomic E-state index is 13.7. The molecular formula is C25H22N2O4S. The van der Waals surface area contributed by atoms with Crippen molar-refractivity contribution in [2.24, 2.45) is 0 Å². The van der Waals surface area contributed by atoms with E-state index in [4.69, 9.17) is 18.6 Å². The van der Waals surface area contributed by atoms with Gasteiger partial charge in [0.15, 0.2) is 22.2 Å². The van der Waals surface area contributed by atoms with Crippen LogP contribution < -0.4 is 9.64 Å². The molecule has 0 aliphatic carbocycles. The summed E-state index contributed by atoms with van der Waals surface area (Å²) in [4.78, 5) is 20.1. The van der Waals surface area contributed by atoms with E-state index in [1.54, 1.807) is 23.3 Å². The molecule has 0 fully saturated rings. The minimum Gasteiger partial charge on any atom is -0.490 e. The van der Waals surface area contributed by atoms with Gasteiger partial charge >= 0.3 is 0 Å². The number of rotatable bonds is 6. The summed E-state index contributed by atoms with van der Waals surface area (Å²) in [6.45, 7) is 6.78. The molecule has 162 valence electrons. The van der Waals surface area contributed by atoms with E-state index < -0.39 is 0 Å². The third-order valence-electron chi connectivity index (χ3n) is 5.46. The van der Waals surface area contributed by atoms with Crippen molar-refractivity contribution < 1.29 is 18.4 Å². The molecule has 0 unspecified atom stereocenters. The number of fused-ring (bicyclic) bond motifs is 2. The third kappa shape index (κ3) is 3.54. The van der Waals surface area contributed by atoms with E-state index in [-0.39, 0.29) is 18.2 Å². The van der Waals surface area contributed by atoms with Gasteiger partial charge in [-0.15, -0.1) is 0 Å². The summed E-state index contributed by atoms with van der Waals surface area (Å²) in [7, 11) is 0. The molecule has 0 bridgehead atoms. The molecule has 32 heavy (non-hydrogen) atoms. The van der Waals surface area contributed by atoms with E-state index in [9.17, 15) is 4.79 Å². The van der Waals surface area contributed by atoms with Crippen LogP contribution in [-0.4, -0.2) is 17.5 Å². The Hall–Kier alpha value is -3.58. The van der Waals surface area contributed by atoms with Crippen LogP contribution in [0.5, 0.6) is 5.75 Å². The van der Waals surface area contributed by atoms with Gasteiger partial charge < -0.3 is 13.6 Å². The SMILES string of the molecule is CCOc1cccc2cc(C(=O)N(Cc3ccco3)c3nc4c(C)c(C)ccc4s3)oc12. The number of ether oxygens (including phenoxy) is 1. The van der Waals surface area contributed by atoms with E-state index >= 15 is 0 Å². The van der Waals surface area contributed by atoms with Gasteiger partial charge in [-0.3, -0.25) is 9.69 Å². The normalized spacial score (nSPS) is 11.3. The Morgan fingerprint density at radius 2 is 2.03 bits per heavy atom. The van der Waals surface area contributed by atoms with Crippen LogP contribution in [-0.2, 0) is 6.54 Å². The minimum atomic E-state index is -0.284. The van der Waals surface area contributed by atoms with Crippen molar-refractivity contribution in [3.8, 4) is 5.75 Å². The minimum absolute atomic E-state index is 0.228. The van der Waals surface area contributed by atoms with E-state index in [1.807, 2.05) is 44.2 Å². The number of aryl methyl sites for hydroxylation is 2. The number of hydrogen-bond donors (Lipinski definition) is 0. The average Bonchev–Trinajstić information content (AvgIpc) is 3.54. The highest BCUT2D eigenvalue weighted by Gasteiger charge is 2.26. The molecule has 3 heterocycles. The fraction of sp³-hybridized carbons (Fsp3) is 0.200. The first-order chi connectivity index (χ1) is 15.5. The fourth-order valence-corrected chi connectivity index (χ4v) is 4.68. The number of thiazole rings is 1. The van der Waals surface area contributed by atoms with Gasteiger partial charge in [0.2, 0.25) is 0 Å². The van der Waals surface area contributed by atoms with Gasteiger partial charge in [-0.1, -0.05) is 29.5 Å². The molecule has 0 aliphatic rings. The van der Waals surface area contributed by atoms with Crippen molar-refractivity contribution in [2.45, 2.75) is 27.3 Å². The van der Waals surface area contributed by atoms with Gasteiger partial charge in [-0.25, -0.2) is 4.98 Å². The Morgan fingerprint density at radius 3 is 2.81 bits per heavy atom. The van der Waals surface area contributed by atoms with Crippen LogP contribution in [0, 0.1) is 13.8 Å². The van der Waals surface area contributed by atoms with Gasteiger partial charge in [0.1, 0.15) is 5.76 Å². The molecule has 5 aromatic rings. The van der Waals surface area contributed by atoms with E-state index in [0.717, 1.165) is 21.2 Å². The second kappa shape index (κ2) is 8.16. The number of furan rings is 2. The number of carbonyl (C=O) groups excluding carboxylic acids is 1. The van der Waals surface area contributed by atoms with E-state index in [0.29, 0.717) is 28.8 Å². The molecule has 0 saturated heterocycles. The number of carbonyl (C=O) groups is 1. The summed E-state index contributed by atoms with van der Waals surface area (Å²) < 4.78 is 18.2. The summed E-state index contributed by atoms with van der Waals surface area (Å²) in [5.74, 6) is 1.23. The van der Waals surface area contributed by atoms with Gasteiger partial charge in [0.05, 0.1) is 29.6 Å². The van der Waals surface area contributed by atoms with Gasteiger partial charge in [-0.2, -0.15) is 0 Å². The first kappa shape index (κ1) is 20.3. The predicted molar refractivity (Wildman–Crippen MR) is 126 cm³/mol. The molecule has 2 aromatic carbocycles. The molecule has 0 saturated carbocycles. The van der Waals surface area contributed by atoms with Gasteiger partial charge in [-0.05, 0) is 62.2 Å². The average molecular weight is 447 g/mol. The number of benzene rings is 2. The highest BCUT2D eigenvalue weighted by molar-refractivity contribution is 7.22. The van der Waals surface area contributed by atoms with Crippen molar-refractivity contribution in [1.29, 1.82) is 0 Å². The zero-order valence-corrected chi connectivity index (χ0v) is 18.9. The summed E-state index contributed by atoms with van der Waals surface area (Å²) in [5, 5.41) is 1.41. The highest BCUT2D eigenvalue weighted by Crippen LogP contribution is 2.35. The monoisotopic (exact) mass is 446 g/mol. The largest absolute Gasteiger partial charge is 0.490 e. The Morgan fingerprint density at radius 1 is 1.16 bits per heavy atom. The standard InChI is InChI=1S/C25H22N2O4S/c1-4-29-19-9-5-7-17-13-20(31-23(17)19)24(28)27(14-18-8-6-12-30-18)25-26-22-16(3)15(2)10-11-21(22)32-25/h5-13H,4,14H2,1-3H3. The predicted octanol–water partition coefficient (Wildman–Crippen LogP) is 6.50. The number of amides is 1. The Kier molecular flexibility index (Phi) is 5.19. The topological polar surface area (TPSA) is 68.7 Å². The molecule has 3 aromatic heterocycles. The van der Waals surface area contributed by atoms with Crippen LogP contribution in [0.4, 0.5) is 5.13 Å². The number of nitrogens with zero attached hydrogens (tertiary/aromatic N) is 2. The van der Waals surface area contributed by atoms with Crippen LogP contribution in [0.15, 0.2) is 63.6 Å². The lowest BCUT2D eigenvalue weighted by Gasteiger charge is -2.17. The molecule has 6 nitrogen and oxygen atoms in total. The van der Waals surface area contributed by atoms with Crippen LogP contribution in [0.25, 0.3) is 21.2 Å². The number of anilines is 1. The summed E-state index contributed by atoms with van der Waals surface area (Å²) in [5.41, 5.74) is 3.75. The van der Waals surface area contributed by atoms with E-state index in [2.05, 4.69) is 13.0 Å². The lowest BCUT2D eigenvalue weighted by molar-refractivity contribution is 0.0958. The molecule has 0 spiro atoms. The van der Waals surface area contributed by atoms with Gasteiger partial charge in [0, 0.05) is 5.39 Å². The quantitative estimate of drug-likeness (QED) is 0.298. The van der Waals surface area contributed by atoms with Crippen molar-refractivity contribution >= 4 is 43.6 Å². The fourth-order valence-electron chi connectivity index (χ4n) is 3.66. The highest BCUT2D eigenvalue weighted by atomic mass is 32.1. The van der Waals surface area contributed by atoms with Crippen LogP contribution in [0.2, 0.25) is 0 Å².